The van der Waals surface area contributed by atoms with E-state index in [4.69, 9.17) is 22.7 Å². The van der Waals surface area contributed by atoms with Gasteiger partial charge in [0.25, 0.3) is 0 Å². The number of hydrogen-bond acceptors (Lipinski definition) is 3. The summed E-state index contributed by atoms with van der Waals surface area (Å²) in [4.78, 5) is 12.2. The van der Waals surface area contributed by atoms with Crippen LogP contribution in [0.5, 0.6) is 0 Å². The van der Waals surface area contributed by atoms with Crippen molar-refractivity contribution in [2.24, 2.45) is 11.1 Å². The number of nitrogens with one attached hydrogen (secondary N) is 1. The van der Waals surface area contributed by atoms with Crippen LogP contribution in [0.15, 0.2) is 0 Å². The van der Waals surface area contributed by atoms with Crippen molar-refractivity contribution in [2.45, 2.75) is 45.3 Å². The Balaban J connectivity index is 2.60. The van der Waals surface area contributed by atoms with Gasteiger partial charge in [0.15, 0.2) is 0 Å². The number of rotatable bonds is 4. The molecule has 3 N–H and O–H groups in total. The summed E-state index contributed by atoms with van der Waals surface area (Å²) in [5.74, 6) is -0.117. The van der Waals surface area contributed by atoms with Crippen LogP contribution in [0.25, 0.3) is 0 Å². The molecule has 5 heteroatoms. The van der Waals surface area contributed by atoms with Gasteiger partial charge in [0.2, 0.25) is 5.91 Å². The number of carbonyl (C=O) groups is 1. The first-order chi connectivity index (χ1) is 7.39. The summed E-state index contributed by atoms with van der Waals surface area (Å²) in [6.07, 6.45) is 3.15. The zero-order valence-corrected chi connectivity index (χ0v) is 10.9. The molecule has 0 saturated heterocycles. The molecule has 1 aliphatic carbocycles. The third-order valence-corrected chi connectivity index (χ3v) is 3.77. The van der Waals surface area contributed by atoms with Gasteiger partial charge in [0, 0.05) is 7.11 Å². The van der Waals surface area contributed by atoms with E-state index in [1.165, 1.54) is 0 Å². The molecule has 16 heavy (non-hydrogen) atoms. The molecule has 2 unspecified atom stereocenters. The molecule has 0 heterocycles. The second-order valence-corrected chi connectivity index (χ2v) is 5.21. The normalized spacial score (nSPS) is 25.4. The molecular formula is C11H20N2O2S. The van der Waals surface area contributed by atoms with Crippen molar-refractivity contribution < 1.29 is 9.53 Å². The van der Waals surface area contributed by atoms with Crippen molar-refractivity contribution >= 4 is 23.1 Å². The number of methoxy groups -OCH3 is 1. The third-order valence-electron chi connectivity index (χ3n) is 3.26. The molecule has 0 bridgehead atoms. The van der Waals surface area contributed by atoms with Crippen LogP contribution in [0.2, 0.25) is 0 Å². The smallest absolute Gasteiger partial charge is 0.232 e. The summed E-state index contributed by atoms with van der Waals surface area (Å²) in [5, 5.41) is 2.97. The van der Waals surface area contributed by atoms with Crippen LogP contribution in [0.1, 0.15) is 33.1 Å². The van der Waals surface area contributed by atoms with Gasteiger partial charge in [-0.2, -0.15) is 0 Å². The molecule has 0 aromatic carbocycles. The van der Waals surface area contributed by atoms with E-state index in [2.05, 4.69) is 5.32 Å². The number of nitrogens with two attached hydrogens (primary N) is 1. The van der Waals surface area contributed by atoms with Gasteiger partial charge >= 0.3 is 0 Å². The highest BCUT2D eigenvalue weighted by molar-refractivity contribution is 7.80. The Morgan fingerprint density at radius 2 is 2.12 bits per heavy atom. The Morgan fingerprint density at radius 3 is 2.62 bits per heavy atom. The van der Waals surface area contributed by atoms with Crippen molar-refractivity contribution in [1.29, 1.82) is 0 Å². The fourth-order valence-corrected chi connectivity index (χ4v) is 1.93. The van der Waals surface area contributed by atoms with Gasteiger partial charge in [0.05, 0.1) is 22.5 Å². The predicted molar refractivity (Wildman–Crippen MR) is 67.1 cm³/mol. The SMILES string of the molecule is COC1CCCC1NC(=O)C(C)(C)C(N)=S. The van der Waals surface area contributed by atoms with Gasteiger partial charge in [-0.15, -0.1) is 0 Å². The topological polar surface area (TPSA) is 64.3 Å². The van der Waals surface area contributed by atoms with Gasteiger partial charge in [-0.25, -0.2) is 0 Å². The van der Waals surface area contributed by atoms with Crippen molar-refractivity contribution in [3.63, 3.8) is 0 Å². The number of ether oxygens (including phenoxy) is 1. The number of amides is 1. The zero-order chi connectivity index (χ0) is 12.3. The fourth-order valence-electron chi connectivity index (χ4n) is 1.83. The second-order valence-electron chi connectivity index (χ2n) is 4.77. The van der Waals surface area contributed by atoms with Gasteiger partial charge < -0.3 is 15.8 Å². The largest absolute Gasteiger partial charge is 0.392 e. The van der Waals surface area contributed by atoms with Crippen LogP contribution >= 0.6 is 12.2 Å². The van der Waals surface area contributed by atoms with E-state index in [9.17, 15) is 4.79 Å². The lowest BCUT2D eigenvalue weighted by Gasteiger charge is -2.27. The van der Waals surface area contributed by atoms with Crippen molar-refractivity contribution in [2.75, 3.05) is 7.11 Å². The van der Waals surface area contributed by atoms with Crippen LogP contribution in [-0.2, 0) is 9.53 Å². The van der Waals surface area contributed by atoms with E-state index in [1.54, 1.807) is 21.0 Å². The molecule has 1 aliphatic rings. The maximum absolute atomic E-state index is 12.0. The molecular weight excluding hydrogens is 224 g/mol. The maximum Gasteiger partial charge on any atom is 0.232 e. The van der Waals surface area contributed by atoms with Crippen molar-refractivity contribution in [1.82, 2.24) is 5.32 Å². The first kappa shape index (κ1) is 13.4. The molecule has 1 rings (SSSR count). The van der Waals surface area contributed by atoms with Crippen molar-refractivity contribution in [3.05, 3.63) is 0 Å². The Hall–Kier alpha value is -0.680. The molecule has 1 saturated carbocycles. The Morgan fingerprint density at radius 1 is 1.50 bits per heavy atom. The van der Waals surface area contributed by atoms with E-state index in [0.29, 0.717) is 0 Å². The summed E-state index contributed by atoms with van der Waals surface area (Å²) < 4.78 is 5.32. The summed E-state index contributed by atoms with van der Waals surface area (Å²) in [7, 11) is 1.67. The van der Waals surface area contributed by atoms with E-state index in [-0.39, 0.29) is 23.0 Å². The molecule has 0 radical (unpaired) electrons. The molecule has 1 amide bonds. The Labute approximate surface area is 102 Å². The van der Waals surface area contributed by atoms with Crippen LogP contribution in [0.4, 0.5) is 0 Å². The summed E-state index contributed by atoms with van der Waals surface area (Å²) in [6.45, 7) is 3.48. The van der Waals surface area contributed by atoms with Gasteiger partial charge in [0.1, 0.15) is 0 Å². The quantitative estimate of drug-likeness (QED) is 0.724. The highest BCUT2D eigenvalue weighted by atomic mass is 32.1. The standard InChI is InChI=1S/C11H20N2O2S/c1-11(2,9(12)16)10(14)13-7-5-4-6-8(7)15-3/h7-8H,4-6H2,1-3H3,(H2,12,16)(H,13,14). The third kappa shape index (κ3) is 2.71. The monoisotopic (exact) mass is 244 g/mol. The summed E-state index contributed by atoms with van der Waals surface area (Å²) in [6, 6.07) is 0.0890. The average Bonchev–Trinajstić information content (AvgIpc) is 2.64. The number of hydrogen-bond donors (Lipinski definition) is 2. The Bertz CT molecular complexity index is 292. The van der Waals surface area contributed by atoms with Gasteiger partial charge in [-0.1, -0.05) is 12.2 Å². The maximum atomic E-state index is 12.0. The van der Waals surface area contributed by atoms with Gasteiger partial charge in [-0.05, 0) is 33.1 Å². The minimum atomic E-state index is -0.795. The molecule has 1 fully saturated rings. The molecule has 0 aliphatic heterocycles. The minimum absolute atomic E-state index is 0.0890. The first-order valence-electron chi connectivity index (χ1n) is 5.53. The molecule has 4 nitrogen and oxygen atoms in total. The van der Waals surface area contributed by atoms with Crippen LogP contribution in [0, 0.1) is 5.41 Å². The lowest BCUT2D eigenvalue weighted by Crippen LogP contribution is -2.50. The fraction of sp³-hybridized carbons (Fsp3) is 0.818. The molecule has 2 atom stereocenters. The Kier molecular flexibility index (Phi) is 4.27. The van der Waals surface area contributed by atoms with E-state index in [1.807, 2.05) is 0 Å². The van der Waals surface area contributed by atoms with Crippen LogP contribution < -0.4 is 11.1 Å². The zero-order valence-electron chi connectivity index (χ0n) is 10.1. The molecule has 0 spiro atoms. The molecule has 92 valence electrons. The summed E-state index contributed by atoms with van der Waals surface area (Å²) in [5.41, 5.74) is 4.76. The number of thiocarbonyl (C=S) groups is 1. The first-order valence-corrected chi connectivity index (χ1v) is 5.94. The molecule has 0 aromatic heterocycles. The average molecular weight is 244 g/mol. The molecule has 0 aromatic rings. The van der Waals surface area contributed by atoms with Gasteiger partial charge in [-0.3, -0.25) is 4.79 Å². The van der Waals surface area contributed by atoms with Crippen LogP contribution in [-0.4, -0.2) is 30.2 Å². The van der Waals surface area contributed by atoms with Crippen molar-refractivity contribution in [3.8, 4) is 0 Å². The van der Waals surface area contributed by atoms with Crippen LogP contribution in [0.3, 0.4) is 0 Å². The van der Waals surface area contributed by atoms with E-state index in [0.717, 1.165) is 19.3 Å². The predicted octanol–water partition coefficient (Wildman–Crippen LogP) is 0.982. The minimum Gasteiger partial charge on any atom is -0.392 e. The highest BCUT2D eigenvalue weighted by Crippen LogP contribution is 2.23. The summed E-state index contributed by atoms with van der Waals surface area (Å²) >= 11 is 4.89. The second kappa shape index (κ2) is 5.10. The lowest BCUT2D eigenvalue weighted by atomic mass is 9.92. The lowest BCUT2D eigenvalue weighted by molar-refractivity contribution is -0.127. The number of carbonyl (C=O) groups excluding carboxylic acids is 1. The van der Waals surface area contributed by atoms with E-state index < -0.39 is 5.41 Å². The highest BCUT2D eigenvalue weighted by Gasteiger charge is 2.35. The van der Waals surface area contributed by atoms with E-state index >= 15 is 0 Å².